The second kappa shape index (κ2) is 7.61. The molecule has 1 unspecified atom stereocenters. The van der Waals surface area contributed by atoms with Crippen molar-refractivity contribution in [2.45, 2.75) is 19.4 Å². The molecule has 1 aliphatic heterocycles. The standard InChI is InChI=1S/C20H17ClN4O2S/c1-12-10-13-4-2-3-5-17(13)25(12)18(26)16-11-28-20(23-16)24-19(27)22-15-8-6-14(21)7-9-15/h2-9,11-12H,10H2,1H3,(H2,22,23,24,27). The lowest BCUT2D eigenvalue weighted by Crippen LogP contribution is -2.35. The van der Waals surface area contributed by atoms with Crippen LogP contribution in [0.15, 0.2) is 53.9 Å². The predicted molar refractivity (Wildman–Crippen MR) is 113 cm³/mol. The van der Waals surface area contributed by atoms with Crippen LogP contribution in [0.2, 0.25) is 5.02 Å². The van der Waals surface area contributed by atoms with Crippen LogP contribution in [0.25, 0.3) is 0 Å². The molecule has 2 aromatic carbocycles. The third-order valence-corrected chi connectivity index (χ3v) is 5.48. The maximum absolute atomic E-state index is 13.0. The van der Waals surface area contributed by atoms with Gasteiger partial charge in [0.15, 0.2) is 5.13 Å². The minimum Gasteiger partial charge on any atom is -0.308 e. The fourth-order valence-corrected chi connectivity index (χ4v) is 4.03. The Morgan fingerprint density at radius 1 is 1.14 bits per heavy atom. The lowest BCUT2D eigenvalue weighted by atomic mass is 10.1. The third kappa shape index (κ3) is 3.72. The molecule has 0 aliphatic carbocycles. The number of anilines is 3. The summed E-state index contributed by atoms with van der Waals surface area (Å²) in [5.41, 5.74) is 3.00. The van der Waals surface area contributed by atoms with Crippen molar-refractivity contribution in [3.8, 4) is 0 Å². The van der Waals surface area contributed by atoms with E-state index in [9.17, 15) is 9.59 Å². The van der Waals surface area contributed by atoms with Crippen molar-refractivity contribution in [1.29, 1.82) is 0 Å². The Hall–Kier alpha value is -2.90. The molecule has 0 saturated carbocycles. The fourth-order valence-electron chi connectivity index (χ4n) is 3.22. The Bertz CT molecular complexity index is 1030. The van der Waals surface area contributed by atoms with Gasteiger partial charge in [0.1, 0.15) is 5.69 Å². The van der Waals surface area contributed by atoms with E-state index in [1.165, 1.54) is 11.3 Å². The number of amides is 3. The SMILES string of the molecule is CC1Cc2ccccc2N1C(=O)c1csc(NC(=O)Nc2ccc(Cl)cc2)n1. The second-order valence-electron chi connectivity index (χ2n) is 6.48. The Balaban J connectivity index is 1.45. The van der Waals surface area contributed by atoms with Gasteiger partial charge in [0.05, 0.1) is 0 Å². The number of urea groups is 1. The summed E-state index contributed by atoms with van der Waals surface area (Å²) in [6, 6.07) is 14.3. The zero-order valence-electron chi connectivity index (χ0n) is 15.0. The number of aromatic nitrogens is 1. The molecule has 0 spiro atoms. The Morgan fingerprint density at radius 2 is 1.89 bits per heavy atom. The fraction of sp³-hybridized carbons (Fsp3) is 0.150. The monoisotopic (exact) mass is 412 g/mol. The molecule has 0 radical (unpaired) electrons. The molecular formula is C20H17ClN4O2S. The van der Waals surface area contributed by atoms with Gasteiger partial charge in [-0.05, 0) is 49.2 Å². The van der Waals surface area contributed by atoms with Crippen molar-refractivity contribution in [1.82, 2.24) is 4.98 Å². The van der Waals surface area contributed by atoms with Gasteiger partial charge in [0.25, 0.3) is 5.91 Å². The molecule has 1 aliphatic rings. The van der Waals surface area contributed by atoms with Gasteiger partial charge in [-0.25, -0.2) is 9.78 Å². The lowest BCUT2D eigenvalue weighted by Gasteiger charge is -2.21. The van der Waals surface area contributed by atoms with Crippen LogP contribution in [0.3, 0.4) is 0 Å². The van der Waals surface area contributed by atoms with E-state index in [0.717, 1.165) is 17.7 Å². The van der Waals surface area contributed by atoms with Gasteiger partial charge in [-0.1, -0.05) is 29.8 Å². The molecule has 1 aromatic heterocycles. The molecule has 3 amide bonds. The maximum Gasteiger partial charge on any atom is 0.325 e. The van der Waals surface area contributed by atoms with Crippen molar-refractivity contribution in [2.24, 2.45) is 0 Å². The van der Waals surface area contributed by atoms with Gasteiger partial charge in [-0.15, -0.1) is 11.3 Å². The molecule has 0 bridgehead atoms. The number of para-hydroxylation sites is 1. The summed E-state index contributed by atoms with van der Waals surface area (Å²) in [5, 5.41) is 7.96. The summed E-state index contributed by atoms with van der Waals surface area (Å²) < 4.78 is 0. The van der Waals surface area contributed by atoms with E-state index in [1.54, 1.807) is 34.5 Å². The normalized spacial score (nSPS) is 15.2. The number of halogens is 1. The molecular weight excluding hydrogens is 396 g/mol. The highest BCUT2D eigenvalue weighted by molar-refractivity contribution is 7.14. The molecule has 0 fully saturated rings. The highest BCUT2D eigenvalue weighted by atomic mass is 35.5. The molecule has 2 N–H and O–H groups in total. The molecule has 0 saturated heterocycles. The van der Waals surface area contributed by atoms with E-state index >= 15 is 0 Å². The van der Waals surface area contributed by atoms with Gasteiger partial charge in [-0.2, -0.15) is 0 Å². The molecule has 1 atom stereocenters. The summed E-state index contributed by atoms with van der Waals surface area (Å²) in [4.78, 5) is 31.2. The smallest absolute Gasteiger partial charge is 0.308 e. The Kier molecular flexibility index (Phi) is 5.02. The first kappa shape index (κ1) is 18.5. The minimum absolute atomic E-state index is 0.0659. The largest absolute Gasteiger partial charge is 0.325 e. The Labute approximate surface area is 171 Å². The van der Waals surface area contributed by atoms with Crippen molar-refractivity contribution in [3.05, 3.63) is 70.2 Å². The topological polar surface area (TPSA) is 74.3 Å². The highest BCUT2D eigenvalue weighted by Gasteiger charge is 2.32. The van der Waals surface area contributed by atoms with Crippen LogP contribution in [0.1, 0.15) is 23.0 Å². The number of thiazole rings is 1. The number of benzene rings is 2. The first-order valence-electron chi connectivity index (χ1n) is 8.72. The molecule has 6 nitrogen and oxygen atoms in total. The van der Waals surface area contributed by atoms with E-state index in [2.05, 4.69) is 15.6 Å². The van der Waals surface area contributed by atoms with Gasteiger partial charge in [0, 0.05) is 27.8 Å². The quantitative estimate of drug-likeness (QED) is 0.633. The number of hydrogen-bond donors (Lipinski definition) is 2. The maximum atomic E-state index is 13.0. The van der Waals surface area contributed by atoms with Crippen LogP contribution in [0.4, 0.5) is 21.3 Å². The summed E-state index contributed by atoms with van der Waals surface area (Å²) in [6.07, 6.45) is 0.820. The molecule has 2 heterocycles. The van der Waals surface area contributed by atoms with E-state index in [1.807, 2.05) is 31.2 Å². The van der Waals surface area contributed by atoms with E-state index < -0.39 is 6.03 Å². The van der Waals surface area contributed by atoms with Crippen molar-refractivity contribution in [3.63, 3.8) is 0 Å². The number of carbonyl (C=O) groups is 2. The number of hydrogen-bond acceptors (Lipinski definition) is 4. The van der Waals surface area contributed by atoms with Gasteiger partial charge in [-0.3, -0.25) is 10.1 Å². The molecule has 3 aromatic rings. The number of carbonyl (C=O) groups excluding carboxylic acids is 2. The van der Waals surface area contributed by atoms with Crippen molar-refractivity contribution >= 4 is 51.4 Å². The van der Waals surface area contributed by atoms with Gasteiger partial charge >= 0.3 is 6.03 Å². The van der Waals surface area contributed by atoms with E-state index in [-0.39, 0.29) is 11.9 Å². The van der Waals surface area contributed by atoms with Crippen molar-refractivity contribution in [2.75, 3.05) is 15.5 Å². The zero-order valence-corrected chi connectivity index (χ0v) is 16.6. The second-order valence-corrected chi connectivity index (χ2v) is 7.78. The number of nitrogens with zero attached hydrogens (tertiary/aromatic N) is 2. The molecule has 142 valence electrons. The average Bonchev–Trinajstić information content (AvgIpc) is 3.26. The van der Waals surface area contributed by atoms with Crippen LogP contribution in [-0.4, -0.2) is 23.0 Å². The van der Waals surface area contributed by atoms with Gasteiger partial charge in [0.2, 0.25) is 0 Å². The van der Waals surface area contributed by atoms with E-state index in [4.69, 9.17) is 11.6 Å². The summed E-state index contributed by atoms with van der Waals surface area (Å²) in [7, 11) is 0. The summed E-state index contributed by atoms with van der Waals surface area (Å²) in [6.45, 7) is 2.02. The number of rotatable bonds is 3. The predicted octanol–water partition coefficient (Wildman–Crippen LogP) is 5.03. The first-order chi connectivity index (χ1) is 13.5. The van der Waals surface area contributed by atoms with Crippen LogP contribution < -0.4 is 15.5 Å². The number of fused-ring (bicyclic) bond motifs is 1. The summed E-state index contributed by atoms with van der Waals surface area (Å²) >= 11 is 7.04. The van der Waals surface area contributed by atoms with Crippen LogP contribution >= 0.6 is 22.9 Å². The zero-order chi connectivity index (χ0) is 19.7. The van der Waals surface area contributed by atoms with Crippen LogP contribution in [0.5, 0.6) is 0 Å². The first-order valence-corrected chi connectivity index (χ1v) is 9.97. The minimum atomic E-state index is -0.435. The van der Waals surface area contributed by atoms with Crippen LogP contribution in [-0.2, 0) is 6.42 Å². The third-order valence-electron chi connectivity index (χ3n) is 4.47. The number of nitrogens with one attached hydrogen (secondary N) is 2. The highest BCUT2D eigenvalue weighted by Crippen LogP contribution is 2.33. The van der Waals surface area contributed by atoms with E-state index in [0.29, 0.717) is 21.5 Å². The average molecular weight is 413 g/mol. The molecule has 8 heteroatoms. The Morgan fingerprint density at radius 3 is 2.68 bits per heavy atom. The van der Waals surface area contributed by atoms with Crippen molar-refractivity contribution < 1.29 is 9.59 Å². The summed E-state index contributed by atoms with van der Waals surface area (Å²) in [5.74, 6) is -0.167. The molecule has 4 rings (SSSR count). The molecule has 28 heavy (non-hydrogen) atoms. The van der Waals surface area contributed by atoms with Gasteiger partial charge < -0.3 is 10.2 Å². The van der Waals surface area contributed by atoms with Crippen LogP contribution in [0, 0.1) is 0 Å². The lowest BCUT2D eigenvalue weighted by molar-refractivity contribution is 0.0977.